The topological polar surface area (TPSA) is 43.8 Å². The monoisotopic (exact) mass is 326 g/mol. The molecule has 0 saturated carbocycles. The molecule has 0 spiro atoms. The number of carboxylic acid groups (broad SMARTS) is 1. The van der Waals surface area contributed by atoms with Gasteiger partial charge < -0.3 is 10.0 Å². The fraction of sp³-hybridized carbons (Fsp3) is 0.438. The lowest BCUT2D eigenvalue weighted by Gasteiger charge is -2.17. The van der Waals surface area contributed by atoms with Gasteiger partial charge in [0.25, 0.3) is 0 Å². The van der Waals surface area contributed by atoms with Crippen LogP contribution in [0.3, 0.4) is 0 Å². The van der Waals surface area contributed by atoms with E-state index in [0.717, 1.165) is 25.1 Å². The molecular weight excluding hydrogens is 309 g/mol. The first-order chi connectivity index (χ1) is 10.9. The Morgan fingerprint density at radius 2 is 2.00 bits per heavy atom. The highest BCUT2D eigenvalue weighted by Gasteiger charge is 2.30. The first-order valence-corrected chi connectivity index (χ1v) is 7.22. The molecule has 124 valence electrons. The summed E-state index contributed by atoms with van der Waals surface area (Å²) in [6, 6.07) is 4.92. The first kappa shape index (κ1) is 17.2. The Balaban J connectivity index is 1.94. The SMILES string of the molecule is O=C(O)N1CCCN(CC#Cc2cccc(C(F)(F)F)c2)CC1. The van der Waals surface area contributed by atoms with Gasteiger partial charge in [0, 0.05) is 31.7 Å². The second-order valence-corrected chi connectivity index (χ2v) is 5.28. The third-order valence-corrected chi connectivity index (χ3v) is 3.58. The predicted molar refractivity (Wildman–Crippen MR) is 79.0 cm³/mol. The Morgan fingerprint density at radius 1 is 1.22 bits per heavy atom. The molecule has 0 aliphatic carbocycles. The molecule has 1 N–H and O–H groups in total. The van der Waals surface area contributed by atoms with Crippen LogP contribution in [0.1, 0.15) is 17.5 Å². The van der Waals surface area contributed by atoms with Gasteiger partial charge in [-0.05, 0) is 24.6 Å². The van der Waals surface area contributed by atoms with Gasteiger partial charge in [-0.2, -0.15) is 13.2 Å². The van der Waals surface area contributed by atoms with E-state index in [1.807, 2.05) is 4.90 Å². The van der Waals surface area contributed by atoms with Crippen molar-refractivity contribution in [1.82, 2.24) is 9.80 Å². The van der Waals surface area contributed by atoms with E-state index in [9.17, 15) is 18.0 Å². The minimum atomic E-state index is -4.37. The lowest BCUT2D eigenvalue weighted by atomic mass is 10.1. The largest absolute Gasteiger partial charge is 0.465 e. The molecule has 1 heterocycles. The molecular formula is C16H17F3N2O2. The summed E-state index contributed by atoms with van der Waals surface area (Å²) in [4.78, 5) is 14.3. The number of carbonyl (C=O) groups is 1. The van der Waals surface area contributed by atoms with Crippen molar-refractivity contribution in [2.75, 3.05) is 32.7 Å². The van der Waals surface area contributed by atoms with E-state index in [-0.39, 0.29) is 0 Å². The summed E-state index contributed by atoms with van der Waals surface area (Å²) in [6.45, 7) is 2.61. The zero-order chi connectivity index (χ0) is 16.9. The molecule has 1 amide bonds. The summed E-state index contributed by atoms with van der Waals surface area (Å²) < 4.78 is 37.9. The Bertz CT molecular complexity index is 620. The van der Waals surface area contributed by atoms with Crippen LogP contribution < -0.4 is 0 Å². The average Bonchev–Trinajstić information content (AvgIpc) is 2.72. The van der Waals surface area contributed by atoms with E-state index in [4.69, 9.17) is 5.11 Å². The van der Waals surface area contributed by atoms with E-state index in [2.05, 4.69) is 11.8 Å². The maximum absolute atomic E-state index is 12.6. The third-order valence-electron chi connectivity index (χ3n) is 3.58. The number of rotatable bonds is 1. The highest BCUT2D eigenvalue weighted by molar-refractivity contribution is 5.64. The van der Waals surface area contributed by atoms with Gasteiger partial charge in [0.15, 0.2) is 0 Å². The molecule has 0 atom stereocenters. The molecule has 1 aliphatic rings. The van der Waals surface area contributed by atoms with Crippen molar-refractivity contribution in [1.29, 1.82) is 0 Å². The fourth-order valence-electron chi connectivity index (χ4n) is 2.35. The van der Waals surface area contributed by atoms with Crippen molar-refractivity contribution < 1.29 is 23.1 Å². The Labute approximate surface area is 132 Å². The first-order valence-electron chi connectivity index (χ1n) is 7.22. The van der Waals surface area contributed by atoms with Crippen LogP contribution in [-0.4, -0.2) is 53.7 Å². The van der Waals surface area contributed by atoms with Crippen LogP contribution in [-0.2, 0) is 6.18 Å². The number of alkyl halides is 3. The van der Waals surface area contributed by atoms with Gasteiger partial charge >= 0.3 is 12.3 Å². The van der Waals surface area contributed by atoms with Gasteiger partial charge in [-0.25, -0.2) is 4.79 Å². The molecule has 1 saturated heterocycles. The summed E-state index contributed by atoms with van der Waals surface area (Å²) >= 11 is 0. The van der Waals surface area contributed by atoms with Crippen LogP contribution in [0.2, 0.25) is 0 Å². The maximum atomic E-state index is 12.6. The van der Waals surface area contributed by atoms with Crippen LogP contribution in [0.15, 0.2) is 24.3 Å². The van der Waals surface area contributed by atoms with Gasteiger partial charge in [-0.1, -0.05) is 17.9 Å². The summed E-state index contributed by atoms with van der Waals surface area (Å²) in [5.74, 6) is 5.60. The summed E-state index contributed by atoms with van der Waals surface area (Å²) in [7, 11) is 0. The fourth-order valence-corrected chi connectivity index (χ4v) is 2.35. The highest BCUT2D eigenvalue weighted by atomic mass is 19.4. The van der Waals surface area contributed by atoms with Gasteiger partial charge in [0.05, 0.1) is 12.1 Å². The molecule has 1 aliphatic heterocycles. The quantitative estimate of drug-likeness (QED) is 0.807. The number of benzene rings is 1. The molecule has 0 bridgehead atoms. The summed E-state index contributed by atoms with van der Waals surface area (Å²) in [5, 5.41) is 8.95. The van der Waals surface area contributed by atoms with Crippen LogP contribution in [0.4, 0.5) is 18.0 Å². The van der Waals surface area contributed by atoms with Crippen molar-refractivity contribution in [3.05, 3.63) is 35.4 Å². The molecule has 0 unspecified atom stereocenters. The molecule has 0 radical (unpaired) electrons. The van der Waals surface area contributed by atoms with Gasteiger partial charge in [0.2, 0.25) is 0 Å². The lowest BCUT2D eigenvalue weighted by Crippen LogP contribution is -2.34. The Morgan fingerprint density at radius 3 is 2.70 bits per heavy atom. The van der Waals surface area contributed by atoms with Crippen LogP contribution >= 0.6 is 0 Å². The predicted octanol–water partition coefficient (Wildman–Crippen LogP) is 2.74. The zero-order valence-electron chi connectivity index (χ0n) is 12.4. The zero-order valence-corrected chi connectivity index (χ0v) is 12.4. The van der Waals surface area contributed by atoms with Crippen molar-refractivity contribution in [2.45, 2.75) is 12.6 Å². The van der Waals surface area contributed by atoms with E-state index in [1.165, 1.54) is 17.0 Å². The normalized spacial score (nSPS) is 16.4. The molecule has 4 nitrogen and oxygen atoms in total. The second-order valence-electron chi connectivity index (χ2n) is 5.28. The molecule has 0 aromatic heterocycles. The van der Waals surface area contributed by atoms with Crippen LogP contribution in [0.25, 0.3) is 0 Å². The average molecular weight is 326 g/mol. The van der Waals surface area contributed by atoms with Crippen molar-refractivity contribution in [3.8, 4) is 11.8 Å². The van der Waals surface area contributed by atoms with E-state index >= 15 is 0 Å². The number of halogens is 3. The van der Waals surface area contributed by atoms with Crippen molar-refractivity contribution in [2.24, 2.45) is 0 Å². The number of hydrogen-bond acceptors (Lipinski definition) is 2. The smallest absolute Gasteiger partial charge is 0.416 e. The molecule has 2 rings (SSSR count). The van der Waals surface area contributed by atoms with E-state index in [1.54, 1.807) is 0 Å². The van der Waals surface area contributed by atoms with Crippen molar-refractivity contribution >= 4 is 6.09 Å². The van der Waals surface area contributed by atoms with Gasteiger partial charge in [0.1, 0.15) is 0 Å². The Hall–Kier alpha value is -2.20. The number of amides is 1. The number of nitrogens with zero attached hydrogens (tertiary/aromatic N) is 2. The number of hydrogen-bond donors (Lipinski definition) is 1. The standard InChI is InChI=1S/C16H17F3N2O2/c17-16(18,19)14-6-1-4-13(12-14)5-2-7-20-8-3-9-21(11-10-20)15(22)23/h1,4,6,12H,3,7-11H2,(H,22,23). The molecule has 1 fully saturated rings. The molecule has 23 heavy (non-hydrogen) atoms. The highest BCUT2D eigenvalue weighted by Crippen LogP contribution is 2.29. The second kappa shape index (κ2) is 7.38. The summed E-state index contributed by atoms with van der Waals surface area (Å²) in [6.07, 6.45) is -4.58. The maximum Gasteiger partial charge on any atom is 0.416 e. The van der Waals surface area contributed by atoms with E-state index < -0.39 is 17.8 Å². The van der Waals surface area contributed by atoms with E-state index in [0.29, 0.717) is 31.7 Å². The minimum absolute atomic E-state index is 0.321. The third kappa shape index (κ3) is 5.18. The van der Waals surface area contributed by atoms with Gasteiger partial charge in [-0.3, -0.25) is 4.90 Å². The Kier molecular flexibility index (Phi) is 5.50. The van der Waals surface area contributed by atoms with Crippen molar-refractivity contribution in [3.63, 3.8) is 0 Å². The minimum Gasteiger partial charge on any atom is -0.465 e. The molecule has 7 heteroatoms. The van der Waals surface area contributed by atoms with Gasteiger partial charge in [-0.15, -0.1) is 0 Å². The molecule has 1 aromatic carbocycles. The van der Waals surface area contributed by atoms with Crippen LogP contribution in [0, 0.1) is 11.8 Å². The molecule has 1 aromatic rings. The summed E-state index contributed by atoms with van der Waals surface area (Å²) in [5.41, 5.74) is -0.391. The lowest BCUT2D eigenvalue weighted by molar-refractivity contribution is -0.137. The van der Waals surface area contributed by atoms with Crippen LogP contribution in [0.5, 0.6) is 0 Å².